The third kappa shape index (κ3) is 7.57. The van der Waals surface area contributed by atoms with Crippen LogP contribution in [-0.4, -0.2) is 40.6 Å². The molecule has 1 aromatic heterocycles. The minimum absolute atomic E-state index is 0.0522. The Balaban J connectivity index is 1.65. The van der Waals surface area contributed by atoms with E-state index in [0.29, 0.717) is 16.8 Å². The van der Waals surface area contributed by atoms with E-state index in [1.165, 1.54) is 0 Å². The first-order valence-corrected chi connectivity index (χ1v) is 11.5. The molecule has 1 heterocycles. The van der Waals surface area contributed by atoms with Crippen molar-refractivity contribution < 1.29 is 19.6 Å². The lowest BCUT2D eigenvalue weighted by molar-refractivity contribution is -0.122. The summed E-state index contributed by atoms with van der Waals surface area (Å²) in [6.07, 6.45) is 3.36. The van der Waals surface area contributed by atoms with Crippen LogP contribution in [0, 0.1) is 11.3 Å². The Kier molecular flexibility index (Phi) is 9.71. The van der Waals surface area contributed by atoms with Crippen molar-refractivity contribution in [1.82, 2.24) is 10.3 Å². The number of ether oxygens (including phenoxy) is 1. The highest BCUT2D eigenvalue weighted by molar-refractivity contribution is 6.43. The molecular formula is C25H22BCl2N3O4. The predicted octanol–water partition coefficient (Wildman–Crippen LogP) is 3.96. The molecule has 0 bridgehead atoms. The number of carbonyl (C=O) groups is 1. The molecule has 0 saturated heterocycles. The number of allylic oxidation sites excluding steroid dienone is 1. The number of hydrogen-bond donors (Lipinski definition) is 3. The topological polar surface area (TPSA) is 115 Å². The molecule has 178 valence electrons. The summed E-state index contributed by atoms with van der Waals surface area (Å²) in [7, 11) is -1.72. The molecule has 3 aromatic rings. The highest BCUT2D eigenvalue weighted by Crippen LogP contribution is 2.37. The van der Waals surface area contributed by atoms with E-state index in [1.807, 2.05) is 30.3 Å². The van der Waals surface area contributed by atoms with Crippen molar-refractivity contribution in [3.8, 4) is 11.8 Å². The van der Waals surface area contributed by atoms with Gasteiger partial charge in [-0.3, -0.25) is 9.78 Å². The molecule has 2 aromatic carbocycles. The number of nitriles is 1. The van der Waals surface area contributed by atoms with Crippen LogP contribution in [0.1, 0.15) is 23.2 Å². The van der Waals surface area contributed by atoms with Crippen LogP contribution in [0.5, 0.6) is 5.75 Å². The normalized spacial score (nSPS) is 11.9. The molecule has 1 unspecified atom stereocenters. The number of aromatic nitrogens is 1. The number of nitrogens with zero attached hydrogens (tertiary/aromatic N) is 2. The molecule has 0 aliphatic rings. The standard InChI is InChI=1S/C25H22BCl2N3O4/c27-20-10-9-18(15-19(16-29)21-8-4-5-12-30-21)24(28)25(20)35-13-11-23(32)31-22(26(33)34)14-17-6-2-1-3-7-17/h1-10,12,15,22,33-34H,11,13-14H2,(H,31,32). The molecule has 0 aliphatic carbocycles. The third-order valence-electron chi connectivity index (χ3n) is 5.02. The predicted molar refractivity (Wildman–Crippen MR) is 137 cm³/mol. The lowest BCUT2D eigenvalue weighted by Crippen LogP contribution is -2.48. The number of amides is 1. The summed E-state index contributed by atoms with van der Waals surface area (Å²) in [5.74, 6) is -1.12. The Bertz CT molecular complexity index is 1220. The Morgan fingerprint density at radius 1 is 1.14 bits per heavy atom. The van der Waals surface area contributed by atoms with Crippen molar-refractivity contribution in [1.29, 1.82) is 5.26 Å². The second kappa shape index (κ2) is 12.9. The fourth-order valence-electron chi connectivity index (χ4n) is 3.26. The molecule has 1 atom stereocenters. The fraction of sp³-hybridized carbons (Fsp3) is 0.160. The minimum atomic E-state index is -1.72. The highest BCUT2D eigenvalue weighted by Gasteiger charge is 2.25. The second-order valence-electron chi connectivity index (χ2n) is 7.54. The number of benzene rings is 2. The monoisotopic (exact) mass is 509 g/mol. The van der Waals surface area contributed by atoms with Crippen LogP contribution in [0.2, 0.25) is 10.0 Å². The number of carbonyl (C=O) groups excluding carboxylic acids is 1. The summed E-state index contributed by atoms with van der Waals surface area (Å²) in [5, 5.41) is 31.9. The van der Waals surface area contributed by atoms with Crippen molar-refractivity contribution in [3.05, 3.63) is 93.7 Å². The van der Waals surface area contributed by atoms with Gasteiger partial charge in [0.1, 0.15) is 6.07 Å². The maximum atomic E-state index is 12.4. The number of rotatable bonds is 10. The van der Waals surface area contributed by atoms with Crippen LogP contribution in [0.4, 0.5) is 0 Å². The molecule has 0 aliphatic heterocycles. The van der Waals surface area contributed by atoms with E-state index in [1.54, 1.807) is 42.6 Å². The zero-order chi connectivity index (χ0) is 25.2. The molecule has 1 amide bonds. The van der Waals surface area contributed by atoms with Gasteiger partial charge in [0.25, 0.3) is 0 Å². The first-order chi connectivity index (χ1) is 16.9. The van der Waals surface area contributed by atoms with E-state index < -0.39 is 19.0 Å². The summed E-state index contributed by atoms with van der Waals surface area (Å²) >= 11 is 12.7. The zero-order valence-corrected chi connectivity index (χ0v) is 20.1. The summed E-state index contributed by atoms with van der Waals surface area (Å²) in [5.41, 5.74) is 2.17. The quantitative estimate of drug-likeness (QED) is 0.281. The van der Waals surface area contributed by atoms with Gasteiger partial charge in [0.15, 0.2) is 5.75 Å². The lowest BCUT2D eigenvalue weighted by Gasteiger charge is -2.18. The summed E-state index contributed by atoms with van der Waals surface area (Å²) in [6.45, 7) is -0.0522. The summed E-state index contributed by atoms with van der Waals surface area (Å²) in [4.78, 5) is 16.6. The maximum Gasteiger partial charge on any atom is 0.475 e. The second-order valence-corrected chi connectivity index (χ2v) is 8.33. The van der Waals surface area contributed by atoms with Gasteiger partial charge in [0.05, 0.1) is 40.3 Å². The first kappa shape index (κ1) is 26.3. The van der Waals surface area contributed by atoms with Crippen LogP contribution >= 0.6 is 23.2 Å². The van der Waals surface area contributed by atoms with E-state index in [4.69, 9.17) is 27.9 Å². The Hall–Kier alpha value is -3.35. The maximum absolute atomic E-state index is 12.4. The van der Waals surface area contributed by atoms with Gasteiger partial charge in [-0.2, -0.15) is 5.26 Å². The largest absolute Gasteiger partial charge is 0.490 e. The van der Waals surface area contributed by atoms with Crippen molar-refractivity contribution in [2.75, 3.05) is 6.61 Å². The van der Waals surface area contributed by atoms with Crippen LogP contribution in [-0.2, 0) is 11.2 Å². The average molecular weight is 510 g/mol. The molecular weight excluding hydrogens is 488 g/mol. The third-order valence-corrected chi connectivity index (χ3v) is 5.71. The van der Waals surface area contributed by atoms with Gasteiger partial charge in [-0.25, -0.2) is 0 Å². The van der Waals surface area contributed by atoms with E-state index >= 15 is 0 Å². The minimum Gasteiger partial charge on any atom is -0.490 e. The van der Waals surface area contributed by atoms with E-state index in [9.17, 15) is 20.1 Å². The van der Waals surface area contributed by atoms with Gasteiger partial charge in [-0.05, 0) is 41.8 Å². The number of nitrogens with one attached hydrogen (secondary N) is 1. The van der Waals surface area contributed by atoms with Crippen LogP contribution in [0.25, 0.3) is 11.6 Å². The number of halogens is 2. The molecule has 0 saturated carbocycles. The first-order valence-electron chi connectivity index (χ1n) is 10.7. The molecule has 7 nitrogen and oxygen atoms in total. The SMILES string of the molecule is N#CC(=Cc1ccc(Cl)c(OCCC(=O)NC(Cc2ccccc2)B(O)O)c1Cl)c1ccccn1. The fourth-order valence-corrected chi connectivity index (χ4v) is 3.79. The summed E-state index contributed by atoms with van der Waals surface area (Å²) < 4.78 is 5.68. The van der Waals surface area contributed by atoms with Gasteiger partial charge in [0.2, 0.25) is 5.91 Å². The smallest absolute Gasteiger partial charge is 0.475 e. The molecule has 10 heteroatoms. The molecule has 0 spiro atoms. The van der Waals surface area contributed by atoms with Gasteiger partial charge in [0, 0.05) is 6.20 Å². The summed E-state index contributed by atoms with van der Waals surface area (Å²) in [6, 6.07) is 19.8. The van der Waals surface area contributed by atoms with E-state index in [2.05, 4.69) is 16.4 Å². The van der Waals surface area contributed by atoms with Crippen LogP contribution in [0.15, 0.2) is 66.9 Å². The zero-order valence-electron chi connectivity index (χ0n) is 18.6. The van der Waals surface area contributed by atoms with Crippen LogP contribution < -0.4 is 10.1 Å². The van der Waals surface area contributed by atoms with Crippen LogP contribution in [0.3, 0.4) is 0 Å². The number of pyridine rings is 1. The van der Waals surface area contributed by atoms with Crippen molar-refractivity contribution in [3.63, 3.8) is 0 Å². The van der Waals surface area contributed by atoms with Crippen molar-refractivity contribution in [2.45, 2.75) is 18.8 Å². The Morgan fingerprint density at radius 3 is 2.54 bits per heavy atom. The van der Waals surface area contributed by atoms with Gasteiger partial charge in [-0.15, -0.1) is 0 Å². The lowest BCUT2D eigenvalue weighted by atomic mass is 9.76. The Labute approximate surface area is 213 Å². The molecule has 35 heavy (non-hydrogen) atoms. The molecule has 0 radical (unpaired) electrons. The average Bonchev–Trinajstić information content (AvgIpc) is 2.86. The van der Waals surface area contributed by atoms with Crippen molar-refractivity contribution in [2.24, 2.45) is 0 Å². The molecule has 3 rings (SSSR count). The highest BCUT2D eigenvalue weighted by atomic mass is 35.5. The number of hydrogen-bond acceptors (Lipinski definition) is 6. The van der Waals surface area contributed by atoms with Gasteiger partial charge < -0.3 is 20.1 Å². The van der Waals surface area contributed by atoms with E-state index in [-0.39, 0.29) is 35.2 Å². The van der Waals surface area contributed by atoms with E-state index in [0.717, 1.165) is 5.56 Å². The van der Waals surface area contributed by atoms with Gasteiger partial charge in [-0.1, -0.05) is 65.7 Å². The van der Waals surface area contributed by atoms with Gasteiger partial charge >= 0.3 is 7.12 Å². The molecule has 3 N–H and O–H groups in total. The Morgan fingerprint density at radius 2 is 1.89 bits per heavy atom. The molecule has 0 fully saturated rings. The van der Waals surface area contributed by atoms with Crippen molar-refractivity contribution >= 4 is 47.9 Å².